The van der Waals surface area contributed by atoms with Crippen molar-refractivity contribution in [3.8, 4) is 0 Å². The minimum absolute atomic E-state index is 0.252. The average Bonchev–Trinajstić information content (AvgIpc) is 2.71. The van der Waals surface area contributed by atoms with Crippen molar-refractivity contribution < 1.29 is 4.42 Å². The number of furan rings is 1. The molecule has 1 aromatic heterocycles. The van der Waals surface area contributed by atoms with Crippen LogP contribution >= 0.6 is 0 Å². The van der Waals surface area contributed by atoms with Gasteiger partial charge in [-0.05, 0) is 45.3 Å². The zero-order chi connectivity index (χ0) is 14.5. The van der Waals surface area contributed by atoms with Crippen LogP contribution in [0.5, 0.6) is 0 Å². The van der Waals surface area contributed by atoms with E-state index in [1.165, 1.54) is 12.0 Å². The molecule has 0 amide bonds. The summed E-state index contributed by atoms with van der Waals surface area (Å²) in [5.41, 5.74) is 1.54. The Morgan fingerprint density at radius 1 is 1.42 bits per heavy atom. The second kappa shape index (κ2) is 7.11. The molecule has 0 fully saturated rings. The zero-order valence-electron chi connectivity index (χ0n) is 13.4. The van der Waals surface area contributed by atoms with Gasteiger partial charge in [0.15, 0.2) is 0 Å². The lowest BCUT2D eigenvalue weighted by Crippen LogP contribution is -2.46. The molecule has 1 heterocycles. The Kier molecular flexibility index (Phi) is 6.08. The number of rotatable bonds is 8. The van der Waals surface area contributed by atoms with E-state index in [2.05, 4.69) is 51.0 Å². The molecule has 19 heavy (non-hydrogen) atoms. The summed E-state index contributed by atoms with van der Waals surface area (Å²) in [6.45, 7) is 14.3. The SMILES string of the molecule is CCCNC(C)C(C)(C)CN(C)Cc1ccoc1C. The van der Waals surface area contributed by atoms with Crippen LogP contribution in [0.1, 0.15) is 45.4 Å². The van der Waals surface area contributed by atoms with E-state index >= 15 is 0 Å². The largest absolute Gasteiger partial charge is 0.469 e. The van der Waals surface area contributed by atoms with Crippen molar-refractivity contribution >= 4 is 0 Å². The van der Waals surface area contributed by atoms with Crippen molar-refractivity contribution in [2.24, 2.45) is 5.41 Å². The summed E-state index contributed by atoms with van der Waals surface area (Å²) >= 11 is 0. The van der Waals surface area contributed by atoms with Gasteiger partial charge in [-0.3, -0.25) is 0 Å². The van der Waals surface area contributed by atoms with Gasteiger partial charge >= 0.3 is 0 Å². The third-order valence-electron chi connectivity index (χ3n) is 3.96. The molecule has 0 saturated carbocycles. The molecule has 0 saturated heterocycles. The van der Waals surface area contributed by atoms with Gasteiger partial charge in [0.05, 0.1) is 6.26 Å². The van der Waals surface area contributed by atoms with Crippen molar-refractivity contribution in [1.29, 1.82) is 0 Å². The van der Waals surface area contributed by atoms with E-state index < -0.39 is 0 Å². The molecular formula is C16H30N2O. The molecule has 1 aromatic rings. The molecule has 3 nitrogen and oxygen atoms in total. The summed E-state index contributed by atoms with van der Waals surface area (Å²) in [5.74, 6) is 1.03. The predicted octanol–water partition coefficient (Wildman–Crippen LogP) is 3.43. The van der Waals surface area contributed by atoms with Crippen LogP contribution in [0.15, 0.2) is 16.7 Å². The molecule has 1 N–H and O–H groups in total. The third kappa shape index (κ3) is 5.00. The first-order valence-corrected chi connectivity index (χ1v) is 7.31. The van der Waals surface area contributed by atoms with Gasteiger partial charge in [0, 0.05) is 24.7 Å². The average molecular weight is 266 g/mol. The molecule has 3 heteroatoms. The Balaban J connectivity index is 2.50. The summed E-state index contributed by atoms with van der Waals surface area (Å²) < 4.78 is 5.36. The zero-order valence-corrected chi connectivity index (χ0v) is 13.4. The fourth-order valence-corrected chi connectivity index (χ4v) is 2.39. The number of nitrogens with zero attached hydrogens (tertiary/aromatic N) is 1. The quantitative estimate of drug-likeness (QED) is 0.781. The first kappa shape index (κ1) is 16.3. The molecule has 0 bridgehead atoms. The fourth-order valence-electron chi connectivity index (χ4n) is 2.39. The molecule has 0 aliphatic carbocycles. The smallest absolute Gasteiger partial charge is 0.105 e. The van der Waals surface area contributed by atoms with E-state index in [0.717, 1.165) is 25.4 Å². The summed E-state index contributed by atoms with van der Waals surface area (Å²) in [7, 11) is 2.18. The minimum atomic E-state index is 0.252. The Labute approximate surface area is 118 Å². The summed E-state index contributed by atoms with van der Waals surface area (Å²) in [4.78, 5) is 2.38. The molecular weight excluding hydrogens is 236 g/mol. The molecule has 0 aromatic carbocycles. The topological polar surface area (TPSA) is 28.4 Å². The van der Waals surface area contributed by atoms with Gasteiger partial charge in [-0.1, -0.05) is 20.8 Å². The van der Waals surface area contributed by atoms with Gasteiger partial charge in [0.1, 0.15) is 5.76 Å². The van der Waals surface area contributed by atoms with Crippen molar-refractivity contribution in [3.05, 3.63) is 23.7 Å². The highest BCUT2D eigenvalue weighted by Crippen LogP contribution is 2.23. The van der Waals surface area contributed by atoms with Gasteiger partial charge in [0.25, 0.3) is 0 Å². The number of hydrogen-bond acceptors (Lipinski definition) is 3. The van der Waals surface area contributed by atoms with Gasteiger partial charge in [-0.2, -0.15) is 0 Å². The van der Waals surface area contributed by atoms with E-state index in [1.807, 2.05) is 6.92 Å². The van der Waals surface area contributed by atoms with Crippen LogP contribution in [0, 0.1) is 12.3 Å². The monoisotopic (exact) mass is 266 g/mol. The standard InChI is InChI=1S/C16H30N2O/c1-7-9-17-14(3)16(4,5)12-18(6)11-15-8-10-19-13(15)2/h8,10,14,17H,7,9,11-12H2,1-6H3. The second-order valence-corrected chi connectivity index (χ2v) is 6.34. The molecule has 0 aliphatic rings. The maximum Gasteiger partial charge on any atom is 0.105 e. The van der Waals surface area contributed by atoms with Crippen LogP contribution < -0.4 is 5.32 Å². The normalized spacial score (nSPS) is 14.1. The Bertz CT molecular complexity index is 371. The van der Waals surface area contributed by atoms with E-state index in [4.69, 9.17) is 4.42 Å². The second-order valence-electron chi connectivity index (χ2n) is 6.34. The highest BCUT2D eigenvalue weighted by molar-refractivity contribution is 5.15. The molecule has 110 valence electrons. The molecule has 0 aliphatic heterocycles. The fraction of sp³-hybridized carbons (Fsp3) is 0.750. The number of hydrogen-bond donors (Lipinski definition) is 1. The first-order chi connectivity index (χ1) is 8.86. The Hall–Kier alpha value is -0.800. The van der Waals surface area contributed by atoms with E-state index in [0.29, 0.717) is 6.04 Å². The van der Waals surface area contributed by atoms with Crippen molar-refractivity contribution in [1.82, 2.24) is 10.2 Å². The van der Waals surface area contributed by atoms with Gasteiger partial charge in [0.2, 0.25) is 0 Å². The maximum absolute atomic E-state index is 5.36. The van der Waals surface area contributed by atoms with Gasteiger partial charge in [-0.15, -0.1) is 0 Å². The lowest BCUT2D eigenvalue weighted by molar-refractivity contribution is 0.159. The van der Waals surface area contributed by atoms with E-state index in [1.54, 1.807) is 6.26 Å². The summed E-state index contributed by atoms with van der Waals surface area (Å²) in [5, 5.41) is 3.60. The van der Waals surface area contributed by atoms with Crippen LogP contribution in [-0.4, -0.2) is 31.1 Å². The Morgan fingerprint density at radius 2 is 2.11 bits per heavy atom. The van der Waals surface area contributed by atoms with Gasteiger partial charge in [-0.25, -0.2) is 0 Å². The lowest BCUT2D eigenvalue weighted by atomic mass is 9.84. The summed E-state index contributed by atoms with van der Waals surface area (Å²) in [6.07, 6.45) is 2.96. The van der Waals surface area contributed by atoms with Gasteiger partial charge < -0.3 is 14.6 Å². The van der Waals surface area contributed by atoms with Crippen molar-refractivity contribution in [2.45, 2.75) is 53.6 Å². The predicted molar refractivity (Wildman–Crippen MR) is 81.3 cm³/mol. The highest BCUT2D eigenvalue weighted by atomic mass is 16.3. The third-order valence-corrected chi connectivity index (χ3v) is 3.96. The van der Waals surface area contributed by atoms with Crippen LogP contribution in [0.3, 0.4) is 0 Å². The van der Waals surface area contributed by atoms with Crippen LogP contribution in [0.25, 0.3) is 0 Å². The minimum Gasteiger partial charge on any atom is -0.469 e. The molecule has 1 atom stereocenters. The van der Waals surface area contributed by atoms with Crippen LogP contribution in [0.2, 0.25) is 0 Å². The maximum atomic E-state index is 5.36. The lowest BCUT2D eigenvalue weighted by Gasteiger charge is -2.36. The molecule has 0 radical (unpaired) electrons. The van der Waals surface area contributed by atoms with E-state index in [-0.39, 0.29) is 5.41 Å². The molecule has 1 rings (SSSR count). The summed E-state index contributed by atoms with van der Waals surface area (Å²) in [6, 6.07) is 2.58. The number of aryl methyl sites for hydroxylation is 1. The van der Waals surface area contributed by atoms with Crippen molar-refractivity contribution in [3.63, 3.8) is 0 Å². The first-order valence-electron chi connectivity index (χ1n) is 7.31. The number of nitrogens with one attached hydrogen (secondary N) is 1. The van der Waals surface area contributed by atoms with Crippen LogP contribution in [0.4, 0.5) is 0 Å². The molecule has 0 spiro atoms. The van der Waals surface area contributed by atoms with E-state index in [9.17, 15) is 0 Å². The molecule has 1 unspecified atom stereocenters. The Morgan fingerprint density at radius 3 is 2.63 bits per heavy atom. The highest BCUT2D eigenvalue weighted by Gasteiger charge is 2.27. The van der Waals surface area contributed by atoms with Crippen molar-refractivity contribution in [2.75, 3.05) is 20.1 Å². The van der Waals surface area contributed by atoms with Crippen LogP contribution in [-0.2, 0) is 6.54 Å².